The van der Waals surface area contributed by atoms with Gasteiger partial charge in [-0.25, -0.2) is 0 Å². The monoisotopic (exact) mass is 222 g/mol. The predicted octanol–water partition coefficient (Wildman–Crippen LogP) is 0.0544. The van der Waals surface area contributed by atoms with Gasteiger partial charge < -0.3 is 10.3 Å². The first-order valence-corrected chi connectivity index (χ1v) is 4.08. The second kappa shape index (κ2) is 4.75. The SMILES string of the molecule is O=C(O)CC#Cc1c[n+]([O-])ccc1[N+](=O)[O-]. The molecule has 0 aliphatic heterocycles. The van der Waals surface area contributed by atoms with Gasteiger partial charge in [-0.3, -0.25) is 14.9 Å². The number of carbonyl (C=O) groups is 1. The summed E-state index contributed by atoms with van der Waals surface area (Å²) in [4.78, 5) is 20.0. The average molecular weight is 222 g/mol. The number of nitrogens with zero attached hydrogens (tertiary/aromatic N) is 2. The molecule has 0 bridgehead atoms. The van der Waals surface area contributed by atoms with Gasteiger partial charge in [0.15, 0.2) is 11.8 Å². The van der Waals surface area contributed by atoms with E-state index in [9.17, 15) is 20.1 Å². The van der Waals surface area contributed by atoms with Crippen LogP contribution in [-0.2, 0) is 4.79 Å². The average Bonchev–Trinajstić information content (AvgIpc) is 2.16. The largest absolute Gasteiger partial charge is 0.619 e. The fraction of sp³-hybridized carbons (Fsp3) is 0.111. The van der Waals surface area contributed by atoms with Crippen molar-refractivity contribution in [2.24, 2.45) is 0 Å². The Morgan fingerprint density at radius 3 is 2.88 bits per heavy atom. The van der Waals surface area contributed by atoms with Crippen LogP contribution in [0, 0.1) is 27.2 Å². The molecule has 0 amide bonds. The molecular formula is C9H6N2O5. The van der Waals surface area contributed by atoms with Crippen LogP contribution in [0.4, 0.5) is 5.69 Å². The van der Waals surface area contributed by atoms with Crippen molar-refractivity contribution in [3.63, 3.8) is 0 Å². The van der Waals surface area contributed by atoms with Crippen molar-refractivity contribution in [2.75, 3.05) is 0 Å². The van der Waals surface area contributed by atoms with E-state index < -0.39 is 17.3 Å². The van der Waals surface area contributed by atoms with Gasteiger partial charge >= 0.3 is 5.97 Å². The summed E-state index contributed by atoms with van der Waals surface area (Å²) in [7, 11) is 0. The van der Waals surface area contributed by atoms with Gasteiger partial charge in [-0.2, -0.15) is 4.73 Å². The van der Waals surface area contributed by atoms with Crippen LogP contribution in [0.3, 0.4) is 0 Å². The smallest absolute Gasteiger partial charge is 0.315 e. The Bertz CT molecular complexity index is 500. The molecule has 0 saturated carbocycles. The topological polar surface area (TPSA) is 107 Å². The fourth-order valence-electron chi connectivity index (χ4n) is 0.941. The van der Waals surface area contributed by atoms with Crippen LogP contribution in [0.1, 0.15) is 12.0 Å². The summed E-state index contributed by atoms with van der Waals surface area (Å²) in [5.41, 5.74) is -0.436. The first-order chi connectivity index (χ1) is 7.50. The van der Waals surface area contributed by atoms with Gasteiger partial charge in [0, 0.05) is 0 Å². The number of aromatic nitrogens is 1. The summed E-state index contributed by atoms with van der Waals surface area (Å²) in [6, 6.07) is 1.01. The Kier molecular flexibility index (Phi) is 3.40. The maximum absolute atomic E-state index is 10.9. The highest BCUT2D eigenvalue weighted by atomic mass is 16.6. The lowest BCUT2D eigenvalue weighted by atomic mass is 10.2. The van der Waals surface area contributed by atoms with E-state index in [1.807, 2.05) is 0 Å². The number of hydrogen-bond acceptors (Lipinski definition) is 4. The molecule has 1 aromatic rings. The maximum Gasteiger partial charge on any atom is 0.315 e. The third-order valence-corrected chi connectivity index (χ3v) is 1.57. The summed E-state index contributed by atoms with van der Waals surface area (Å²) in [6.45, 7) is 0. The fourth-order valence-corrected chi connectivity index (χ4v) is 0.941. The molecule has 16 heavy (non-hydrogen) atoms. The van der Waals surface area contributed by atoms with Gasteiger partial charge in [-0.15, -0.1) is 0 Å². The van der Waals surface area contributed by atoms with Crippen LogP contribution in [0.25, 0.3) is 0 Å². The van der Waals surface area contributed by atoms with Crippen molar-refractivity contribution in [3.8, 4) is 11.8 Å². The third kappa shape index (κ3) is 2.95. The summed E-state index contributed by atoms with van der Waals surface area (Å²) < 4.78 is 0.359. The van der Waals surface area contributed by atoms with Gasteiger partial charge in [0.05, 0.1) is 11.0 Å². The zero-order valence-corrected chi connectivity index (χ0v) is 7.91. The van der Waals surface area contributed by atoms with E-state index in [1.165, 1.54) is 0 Å². The van der Waals surface area contributed by atoms with Crippen molar-refractivity contribution < 1.29 is 19.6 Å². The normalized spacial score (nSPS) is 9.00. The van der Waals surface area contributed by atoms with Gasteiger partial charge in [-0.1, -0.05) is 11.8 Å². The molecule has 1 rings (SSSR count). The van der Waals surface area contributed by atoms with Crippen molar-refractivity contribution >= 4 is 11.7 Å². The number of carboxylic acids is 1. The molecule has 7 heteroatoms. The molecule has 0 spiro atoms. The summed E-state index contributed by atoms with van der Waals surface area (Å²) in [6.07, 6.45) is 1.46. The number of nitro groups is 1. The minimum Gasteiger partial charge on any atom is -0.619 e. The lowest BCUT2D eigenvalue weighted by molar-refractivity contribution is -0.606. The summed E-state index contributed by atoms with van der Waals surface area (Å²) >= 11 is 0. The summed E-state index contributed by atoms with van der Waals surface area (Å²) in [5.74, 6) is 3.35. The van der Waals surface area contributed by atoms with Gasteiger partial charge in [-0.05, 0) is 0 Å². The number of rotatable bonds is 2. The van der Waals surface area contributed by atoms with Gasteiger partial charge in [0.2, 0.25) is 6.20 Å². The van der Waals surface area contributed by atoms with Crippen molar-refractivity contribution in [2.45, 2.75) is 6.42 Å². The van der Waals surface area contributed by atoms with Gasteiger partial charge in [0.25, 0.3) is 5.69 Å². The molecule has 0 radical (unpaired) electrons. The van der Waals surface area contributed by atoms with Crippen molar-refractivity contribution in [1.29, 1.82) is 0 Å². The number of aliphatic carboxylic acids is 1. The minimum absolute atomic E-state index is 0.108. The molecule has 1 aromatic heterocycles. The predicted molar refractivity (Wildman–Crippen MR) is 51.2 cm³/mol. The number of carboxylic acid groups (broad SMARTS) is 1. The molecule has 0 atom stereocenters. The Balaban J connectivity index is 3.08. The molecule has 0 aliphatic rings. The van der Waals surface area contributed by atoms with E-state index in [2.05, 4.69) is 11.8 Å². The Morgan fingerprint density at radius 1 is 1.62 bits per heavy atom. The van der Waals surface area contributed by atoms with Crippen LogP contribution in [-0.4, -0.2) is 16.0 Å². The maximum atomic E-state index is 10.9. The molecular weight excluding hydrogens is 216 g/mol. The minimum atomic E-state index is -1.14. The molecule has 7 nitrogen and oxygen atoms in total. The quantitative estimate of drug-likeness (QED) is 0.250. The Labute approximate surface area is 89.7 Å². The van der Waals surface area contributed by atoms with Gasteiger partial charge in [0.1, 0.15) is 6.42 Å². The molecule has 0 saturated heterocycles. The van der Waals surface area contributed by atoms with Crippen LogP contribution in [0.15, 0.2) is 18.5 Å². The molecule has 0 fully saturated rings. The second-order valence-electron chi connectivity index (χ2n) is 2.73. The Hall–Kier alpha value is -2.62. The second-order valence-corrected chi connectivity index (χ2v) is 2.73. The van der Waals surface area contributed by atoms with Crippen molar-refractivity contribution in [1.82, 2.24) is 0 Å². The Morgan fingerprint density at radius 2 is 2.31 bits per heavy atom. The third-order valence-electron chi connectivity index (χ3n) is 1.57. The zero-order chi connectivity index (χ0) is 12.1. The molecule has 0 unspecified atom stereocenters. The van der Waals surface area contributed by atoms with Crippen LogP contribution in [0.5, 0.6) is 0 Å². The lowest BCUT2D eigenvalue weighted by Gasteiger charge is -1.96. The van der Waals surface area contributed by atoms with E-state index in [0.29, 0.717) is 4.73 Å². The lowest BCUT2D eigenvalue weighted by Crippen LogP contribution is -2.25. The van der Waals surface area contributed by atoms with E-state index in [4.69, 9.17) is 5.11 Å². The summed E-state index contributed by atoms with van der Waals surface area (Å²) in [5, 5.41) is 29.7. The first kappa shape index (κ1) is 11.5. The van der Waals surface area contributed by atoms with Crippen LogP contribution >= 0.6 is 0 Å². The zero-order valence-electron chi connectivity index (χ0n) is 7.91. The van der Waals surface area contributed by atoms with E-state index in [0.717, 1.165) is 18.5 Å². The van der Waals surface area contributed by atoms with Crippen LogP contribution < -0.4 is 4.73 Å². The molecule has 0 aliphatic carbocycles. The highest BCUT2D eigenvalue weighted by molar-refractivity contribution is 5.70. The molecule has 1 heterocycles. The molecule has 0 aromatic carbocycles. The first-order valence-electron chi connectivity index (χ1n) is 4.08. The van der Waals surface area contributed by atoms with E-state index >= 15 is 0 Å². The highest BCUT2D eigenvalue weighted by Gasteiger charge is 2.14. The van der Waals surface area contributed by atoms with E-state index in [-0.39, 0.29) is 11.3 Å². The molecule has 82 valence electrons. The van der Waals surface area contributed by atoms with E-state index in [1.54, 1.807) is 0 Å². The van der Waals surface area contributed by atoms with Crippen LogP contribution in [0.2, 0.25) is 0 Å². The standard InChI is InChI=1S/C9H6N2O5/c12-9(13)3-1-2-7-6-10(14)5-4-8(7)11(15)16/h4-6H,3H2,(H,12,13). The number of pyridine rings is 1. The molecule has 1 N–H and O–H groups in total. The highest BCUT2D eigenvalue weighted by Crippen LogP contribution is 2.13. The van der Waals surface area contributed by atoms with Crippen molar-refractivity contribution in [3.05, 3.63) is 39.3 Å². The number of hydrogen-bond donors (Lipinski definition) is 1.